The number of sulfonamides is 4. The van der Waals surface area contributed by atoms with Gasteiger partial charge in [-0.05, 0) is 91.0 Å². The van der Waals surface area contributed by atoms with Gasteiger partial charge in [-0.2, -0.15) is 0 Å². The predicted octanol–water partition coefficient (Wildman–Crippen LogP) is 6.58. The lowest BCUT2D eigenvalue weighted by Gasteiger charge is -2.11. The summed E-state index contributed by atoms with van der Waals surface area (Å²) in [6.07, 6.45) is 0. The van der Waals surface area contributed by atoms with E-state index in [0.717, 1.165) is 0 Å². The van der Waals surface area contributed by atoms with Crippen molar-refractivity contribution in [2.75, 3.05) is 18.9 Å². The van der Waals surface area contributed by atoms with Crippen LogP contribution in [0, 0.1) is 0 Å². The first-order valence-corrected chi connectivity index (χ1v) is 21.2. The van der Waals surface area contributed by atoms with Gasteiger partial charge >= 0.3 is 0 Å². The molecule has 0 unspecified atom stereocenters. The summed E-state index contributed by atoms with van der Waals surface area (Å²) in [5.41, 5.74) is 1.16. The molecule has 0 spiro atoms. The van der Waals surface area contributed by atoms with Crippen molar-refractivity contribution in [3.05, 3.63) is 170 Å². The Balaban J connectivity index is 0.000000201. The minimum absolute atomic E-state index is 0.121. The van der Waals surface area contributed by atoms with Crippen molar-refractivity contribution in [1.82, 2.24) is 0 Å². The number of hydrogen-bond acceptors (Lipinski definition) is 8. The monoisotopic (exact) mass is 776 g/mol. The van der Waals surface area contributed by atoms with Gasteiger partial charge < -0.3 is 0 Å². The fraction of sp³-hybridized carbons (Fsp3) is 0. The van der Waals surface area contributed by atoms with Crippen molar-refractivity contribution < 1.29 is 33.7 Å². The Kier molecular flexibility index (Phi) is 11.6. The molecule has 0 saturated heterocycles. The molecular formula is C36H32N4O8S4. The maximum Gasteiger partial charge on any atom is 0.261 e. The summed E-state index contributed by atoms with van der Waals surface area (Å²) in [6.45, 7) is 0. The first-order valence-electron chi connectivity index (χ1n) is 15.3. The SMILES string of the molecule is O=S(=O)(Nc1ccc(NS(=O)(=O)c2ccccc2)cc1)c1ccccc1.O=S(=O)(Nc1cccc(NS(=O)(=O)c2ccccc2)c1)c1ccccc1. The van der Waals surface area contributed by atoms with Gasteiger partial charge in [0, 0.05) is 11.4 Å². The quantitative estimate of drug-likeness (QED) is 0.107. The first-order chi connectivity index (χ1) is 24.7. The van der Waals surface area contributed by atoms with E-state index in [9.17, 15) is 33.7 Å². The van der Waals surface area contributed by atoms with Crippen LogP contribution in [0.25, 0.3) is 0 Å². The maximum absolute atomic E-state index is 12.4. The largest absolute Gasteiger partial charge is 0.280 e. The molecule has 0 atom stereocenters. The Bertz CT molecular complexity index is 2370. The molecule has 268 valence electrons. The average Bonchev–Trinajstić information content (AvgIpc) is 3.14. The van der Waals surface area contributed by atoms with Crippen LogP contribution in [0.5, 0.6) is 0 Å². The molecule has 0 radical (unpaired) electrons. The predicted molar refractivity (Wildman–Crippen MR) is 202 cm³/mol. The molecule has 12 nitrogen and oxygen atoms in total. The highest BCUT2D eigenvalue weighted by Crippen LogP contribution is 2.23. The van der Waals surface area contributed by atoms with Crippen LogP contribution in [-0.2, 0) is 40.1 Å². The van der Waals surface area contributed by atoms with Crippen molar-refractivity contribution in [2.24, 2.45) is 0 Å². The molecule has 6 rings (SSSR count). The minimum atomic E-state index is -3.75. The van der Waals surface area contributed by atoms with E-state index in [2.05, 4.69) is 18.9 Å². The second-order valence-corrected chi connectivity index (χ2v) is 17.6. The number of anilines is 4. The van der Waals surface area contributed by atoms with Gasteiger partial charge in [0.25, 0.3) is 40.1 Å². The highest BCUT2D eigenvalue weighted by Gasteiger charge is 2.17. The normalized spacial score (nSPS) is 11.7. The van der Waals surface area contributed by atoms with E-state index in [1.54, 1.807) is 91.0 Å². The van der Waals surface area contributed by atoms with E-state index in [4.69, 9.17) is 0 Å². The summed E-state index contributed by atoms with van der Waals surface area (Å²) in [7, 11) is -14.9. The van der Waals surface area contributed by atoms with Gasteiger partial charge in [0.05, 0.1) is 31.0 Å². The lowest BCUT2D eigenvalue weighted by Crippen LogP contribution is -2.14. The smallest absolute Gasteiger partial charge is 0.261 e. The number of nitrogens with one attached hydrogen (secondary N) is 4. The van der Waals surface area contributed by atoms with E-state index in [-0.39, 0.29) is 31.0 Å². The van der Waals surface area contributed by atoms with Gasteiger partial charge in [-0.15, -0.1) is 0 Å². The molecule has 0 fully saturated rings. The molecule has 0 saturated carbocycles. The van der Waals surface area contributed by atoms with Crippen LogP contribution >= 0.6 is 0 Å². The summed E-state index contributed by atoms with van der Waals surface area (Å²) in [4.78, 5) is 0.535. The fourth-order valence-corrected chi connectivity index (χ4v) is 8.81. The van der Waals surface area contributed by atoms with Crippen molar-refractivity contribution in [3.63, 3.8) is 0 Å². The average molecular weight is 777 g/mol. The molecule has 52 heavy (non-hydrogen) atoms. The van der Waals surface area contributed by atoms with Crippen LogP contribution in [0.4, 0.5) is 22.7 Å². The Morgan fingerprint density at radius 3 is 0.731 bits per heavy atom. The third-order valence-corrected chi connectivity index (χ3v) is 12.6. The van der Waals surface area contributed by atoms with Gasteiger partial charge in [-0.3, -0.25) is 18.9 Å². The van der Waals surface area contributed by atoms with Crippen molar-refractivity contribution >= 4 is 62.8 Å². The van der Waals surface area contributed by atoms with E-state index in [0.29, 0.717) is 11.4 Å². The number of benzene rings is 6. The molecule has 0 bridgehead atoms. The Hall–Kier alpha value is -5.68. The second kappa shape index (κ2) is 16.1. The molecule has 6 aromatic carbocycles. The molecule has 0 aromatic heterocycles. The van der Waals surface area contributed by atoms with Crippen LogP contribution in [0.2, 0.25) is 0 Å². The zero-order valence-corrected chi connectivity index (χ0v) is 30.3. The van der Waals surface area contributed by atoms with Gasteiger partial charge in [0.2, 0.25) is 0 Å². The summed E-state index contributed by atoms with van der Waals surface area (Å²) < 4.78 is 108. The van der Waals surface area contributed by atoms with Crippen LogP contribution < -0.4 is 18.9 Å². The van der Waals surface area contributed by atoms with E-state index >= 15 is 0 Å². The maximum atomic E-state index is 12.4. The molecule has 0 aliphatic rings. The van der Waals surface area contributed by atoms with Gasteiger partial charge in [0.15, 0.2) is 0 Å². The van der Waals surface area contributed by atoms with Crippen LogP contribution in [0.3, 0.4) is 0 Å². The highest BCUT2D eigenvalue weighted by atomic mass is 32.2. The summed E-state index contributed by atoms with van der Waals surface area (Å²) in [5, 5.41) is 0. The van der Waals surface area contributed by atoms with Crippen molar-refractivity contribution in [3.8, 4) is 0 Å². The third kappa shape index (κ3) is 10.2. The van der Waals surface area contributed by atoms with Crippen molar-refractivity contribution in [1.29, 1.82) is 0 Å². The molecular weight excluding hydrogens is 745 g/mol. The molecule has 0 amide bonds. The second-order valence-electron chi connectivity index (χ2n) is 10.8. The van der Waals surface area contributed by atoms with Gasteiger partial charge in [-0.25, -0.2) is 33.7 Å². The zero-order valence-electron chi connectivity index (χ0n) is 27.1. The standard InChI is InChI=1S/2C18H16N2O4S2/c21-25(22,17-10-3-1-4-11-17)19-15-8-7-9-16(14-15)20-26(23,24)18-12-5-2-6-13-18;21-25(22,17-7-3-1-4-8-17)19-15-11-13-16(14-12-15)20-26(23,24)18-9-5-2-6-10-18/h2*1-14,19-20H. The van der Waals surface area contributed by atoms with Crippen molar-refractivity contribution in [2.45, 2.75) is 19.6 Å². The number of rotatable bonds is 12. The zero-order chi connectivity index (χ0) is 37.2. The van der Waals surface area contributed by atoms with E-state index < -0.39 is 40.1 Å². The van der Waals surface area contributed by atoms with Crippen LogP contribution in [0.15, 0.2) is 189 Å². The molecule has 6 aromatic rings. The summed E-state index contributed by atoms with van der Waals surface area (Å²) in [6, 6.07) is 43.8. The number of hydrogen-bond donors (Lipinski definition) is 4. The summed E-state index contributed by atoms with van der Waals surface area (Å²) in [5.74, 6) is 0. The molecule has 0 aliphatic carbocycles. The van der Waals surface area contributed by atoms with Gasteiger partial charge in [0.1, 0.15) is 0 Å². The Labute approximate surface area is 303 Å². The Morgan fingerprint density at radius 2 is 0.481 bits per heavy atom. The molecule has 4 N–H and O–H groups in total. The summed E-state index contributed by atoms with van der Waals surface area (Å²) >= 11 is 0. The third-order valence-electron chi connectivity index (χ3n) is 6.97. The fourth-order valence-electron chi connectivity index (χ4n) is 4.51. The topological polar surface area (TPSA) is 185 Å². The lowest BCUT2D eigenvalue weighted by atomic mass is 10.3. The molecule has 0 heterocycles. The van der Waals surface area contributed by atoms with Crippen LogP contribution in [-0.4, -0.2) is 33.7 Å². The minimum Gasteiger partial charge on any atom is -0.280 e. The highest BCUT2D eigenvalue weighted by molar-refractivity contribution is 7.93. The van der Waals surface area contributed by atoms with E-state index in [1.807, 2.05) is 0 Å². The molecule has 0 aliphatic heterocycles. The Morgan fingerprint density at radius 1 is 0.250 bits per heavy atom. The lowest BCUT2D eigenvalue weighted by molar-refractivity contribution is 0.599. The first kappa shape index (κ1) is 37.6. The molecule has 16 heteroatoms. The van der Waals surface area contributed by atoms with E-state index in [1.165, 1.54) is 78.9 Å². The van der Waals surface area contributed by atoms with Crippen LogP contribution in [0.1, 0.15) is 0 Å². The van der Waals surface area contributed by atoms with Gasteiger partial charge in [-0.1, -0.05) is 78.9 Å².